The average Bonchev–Trinajstić information content (AvgIpc) is 3.08. The van der Waals surface area contributed by atoms with E-state index in [9.17, 15) is 33.8 Å². The summed E-state index contributed by atoms with van der Waals surface area (Å²) in [4.78, 5) is 56.5. The molecule has 1 aliphatic heterocycles. The third-order valence-electron chi connectivity index (χ3n) is 5.28. The van der Waals surface area contributed by atoms with Crippen LogP contribution in [-0.4, -0.2) is 70.8 Å². The van der Waals surface area contributed by atoms with Crippen LogP contribution in [0, 0.1) is 0 Å². The second-order valence-corrected chi connectivity index (χ2v) is 12.1. The summed E-state index contributed by atoms with van der Waals surface area (Å²) in [6.45, 7) is -0.762. The van der Waals surface area contributed by atoms with Crippen molar-refractivity contribution in [2.24, 2.45) is 17.9 Å². The van der Waals surface area contributed by atoms with Gasteiger partial charge in [-0.1, -0.05) is 17.3 Å². The van der Waals surface area contributed by atoms with Gasteiger partial charge in [-0.25, -0.2) is 4.79 Å². The van der Waals surface area contributed by atoms with Crippen molar-refractivity contribution in [2.45, 2.75) is 31.1 Å². The normalized spacial score (nSPS) is 24.1. The van der Waals surface area contributed by atoms with Crippen LogP contribution in [-0.2, 0) is 36.9 Å². The molecule has 1 aromatic carbocycles. The zero-order valence-electron chi connectivity index (χ0n) is 19.3. The van der Waals surface area contributed by atoms with E-state index in [1.54, 1.807) is 12.1 Å². The van der Waals surface area contributed by atoms with Gasteiger partial charge in [0, 0.05) is 24.9 Å². The van der Waals surface area contributed by atoms with Gasteiger partial charge in [-0.2, -0.15) is 0 Å². The van der Waals surface area contributed by atoms with Gasteiger partial charge in [0.25, 0.3) is 0 Å². The van der Waals surface area contributed by atoms with Crippen LogP contribution in [0.3, 0.4) is 0 Å². The minimum atomic E-state index is -4.86. The Kier molecular flexibility index (Phi) is 8.90. The van der Waals surface area contributed by atoms with Crippen molar-refractivity contribution in [1.29, 1.82) is 0 Å². The lowest BCUT2D eigenvalue weighted by molar-refractivity contribution is -0.0530. The Bertz CT molecular complexity index is 1350. The molecule has 37 heavy (non-hydrogen) atoms. The first-order valence-corrected chi connectivity index (χ1v) is 14.1. The second-order valence-electron chi connectivity index (χ2n) is 8.13. The maximum atomic E-state index is 12.8. The molecule has 1 aromatic heterocycles. The number of nitrogens with zero attached hydrogens (tertiary/aromatic N) is 3. The molecule has 1 fully saturated rings. The molecule has 1 saturated heterocycles. The Morgan fingerprint density at radius 3 is 2.38 bits per heavy atom. The van der Waals surface area contributed by atoms with E-state index in [1.807, 2.05) is 0 Å². The van der Waals surface area contributed by atoms with Crippen molar-refractivity contribution in [2.75, 3.05) is 12.5 Å². The first-order valence-electron chi connectivity index (χ1n) is 10.5. The van der Waals surface area contributed by atoms with Crippen LogP contribution in [0.4, 0.5) is 0 Å². The number of nitrogens with two attached hydrogens (primary N) is 1. The molecule has 3 unspecified atom stereocenters. The van der Waals surface area contributed by atoms with Gasteiger partial charge < -0.3 is 44.7 Å². The number of hydrogen-bond acceptors (Lipinski definition) is 10. The fraction of sp³-hybridized carbons (Fsp3) is 0.421. The van der Waals surface area contributed by atoms with Gasteiger partial charge in [-0.15, -0.1) is 0 Å². The molecule has 3 rings (SSSR count). The number of primary amides is 1. The van der Waals surface area contributed by atoms with E-state index in [4.69, 9.17) is 25.1 Å². The number of aliphatic hydroxyl groups excluding tert-OH is 2. The van der Waals surface area contributed by atoms with Crippen LogP contribution < -0.4 is 16.9 Å². The van der Waals surface area contributed by atoms with Crippen LogP contribution in [0.15, 0.2) is 46.5 Å². The van der Waals surface area contributed by atoms with E-state index in [2.05, 4.69) is 9.68 Å². The molecule has 0 bridgehead atoms. The number of aromatic nitrogens is 2. The molecule has 16 nitrogen and oxygen atoms in total. The van der Waals surface area contributed by atoms with Crippen LogP contribution in [0.25, 0.3) is 0 Å². The Balaban J connectivity index is 1.69. The van der Waals surface area contributed by atoms with Crippen molar-refractivity contribution in [3.63, 3.8) is 0 Å². The van der Waals surface area contributed by atoms with E-state index in [1.165, 1.54) is 31.4 Å². The van der Waals surface area contributed by atoms with Gasteiger partial charge in [0.1, 0.15) is 24.9 Å². The first kappa shape index (κ1) is 28.9. The fourth-order valence-corrected chi connectivity index (χ4v) is 5.95. The van der Waals surface area contributed by atoms with Gasteiger partial charge in [0.15, 0.2) is 17.6 Å². The zero-order chi connectivity index (χ0) is 27.5. The van der Waals surface area contributed by atoms with Gasteiger partial charge in [-0.05, 0) is 17.7 Å². The van der Waals surface area contributed by atoms with Crippen LogP contribution in [0.2, 0.25) is 0 Å². The first-order chi connectivity index (χ1) is 17.2. The predicted molar refractivity (Wildman–Crippen MR) is 124 cm³/mol. The minimum absolute atomic E-state index is 0.0250. The molecular weight excluding hydrogens is 538 g/mol. The topological polar surface area (TPSA) is 245 Å². The maximum Gasteiger partial charge on any atom is 0.340 e. The number of aliphatic hydroxyl groups is 2. The van der Waals surface area contributed by atoms with Gasteiger partial charge in [-0.3, -0.25) is 23.1 Å². The molecule has 2 heterocycles. The summed E-state index contributed by atoms with van der Waals surface area (Å²) in [5.74, 6) is -2.00. The van der Waals surface area contributed by atoms with Crippen LogP contribution in [0.5, 0.6) is 0 Å². The number of amides is 1. The Morgan fingerprint density at radius 1 is 1.14 bits per heavy atom. The molecule has 1 amide bonds. The molecule has 5 atom stereocenters. The lowest BCUT2D eigenvalue weighted by Gasteiger charge is -2.19. The molecule has 1 aliphatic rings. The zero-order valence-corrected chi connectivity index (χ0v) is 21.1. The lowest BCUT2D eigenvalue weighted by atomic mass is 10.1. The van der Waals surface area contributed by atoms with E-state index in [0.29, 0.717) is 11.1 Å². The molecule has 0 aliphatic carbocycles. The largest absolute Gasteiger partial charge is 0.389 e. The highest BCUT2D eigenvalue weighted by molar-refractivity contribution is 7.70. The highest BCUT2D eigenvalue weighted by Crippen LogP contribution is 2.55. The molecule has 0 radical (unpaired) electrons. The van der Waals surface area contributed by atoms with Crippen LogP contribution >= 0.6 is 15.2 Å². The smallest absolute Gasteiger partial charge is 0.340 e. The number of carbonyl (C=O) groups is 1. The third kappa shape index (κ3) is 7.45. The van der Waals surface area contributed by atoms with Crippen LogP contribution in [0.1, 0.15) is 22.1 Å². The second kappa shape index (κ2) is 11.4. The highest BCUT2D eigenvalue weighted by Gasteiger charge is 2.45. The summed E-state index contributed by atoms with van der Waals surface area (Å²) in [7, 11) is -8.22. The number of ether oxygens (including phenoxy) is 1. The quantitative estimate of drug-likeness (QED) is 0.139. The lowest BCUT2D eigenvalue weighted by Crippen LogP contribution is -2.42. The third-order valence-corrected chi connectivity index (χ3v) is 8.73. The number of rotatable bonds is 10. The summed E-state index contributed by atoms with van der Waals surface area (Å²) in [5, 5.41) is 24.5. The number of carbonyl (C=O) groups excluding carboxylic acids is 1. The molecular formula is C19H26N4O12P2. The Labute approximate surface area is 208 Å². The van der Waals surface area contributed by atoms with Crippen molar-refractivity contribution < 1.29 is 52.9 Å². The average molecular weight is 564 g/mol. The van der Waals surface area contributed by atoms with Crippen molar-refractivity contribution in [1.82, 2.24) is 9.13 Å². The molecule has 204 valence electrons. The van der Waals surface area contributed by atoms with E-state index in [0.717, 1.165) is 9.13 Å². The highest BCUT2D eigenvalue weighted by atomic mass is 31.2. The van der Waals surface area contributed by atoms with Crippen molar-refractivity contribution >= 4 is 21.1 Å². The van der Waals surface area contributed by atoms with E-state index in [-0.39, 0.29) is 12.1 Å². The monoisotopic (exact) mass is 564 g/mol. The molecule has 7 N–H and O–H groups in total. The summed E-state index contributed by atoms with van der Waals surface area (Å²) < 4.78 is 34.9. The molecule has 2 aromatic rings. The predicted octanol–water partition coefficient (Wildman–Crippen LogP) is -1.73. The Hall–Kier alpha value is -2.65. The van der Waals surface area contributed by atoms with Gasteiger partial charge >= 0.3 is 20.9 Å². The van der Waals surface area contributed by atoms with Crippen molar-refractivity contribution in [3.8, 4) is 0 Å². The standard InChI is InChI=1S/C19H26N4O12P2/c1-22-14(21-33-8-11-2-4-12(5-3-11)17(20)26)6-7-23(19(22)27)18-16(25)15(24)13(35-18)9-34-37(31,32)10-36(28,29)30/h2-7,13,15-16,18,24-25H,8-10H2,1H3,(H2,20,26)(H,31,32)(H2,28,29,30)/b21-14-/t13-,15?,16?,18-/m1/s1. The SMILES string of the molecule is Cn1c(=O)n([C@@H]2O[C@H](COP(=O)(O)CP(=O)(O)O)C(O)C2O)cc/c1=N/OCc1ccc(C(N)=O)cc1. The van der Waals surface area contributed by atoms with Gasteiger partial charge in [0.2, 0.25) is 5.91 Å². The maximum absolute atomic E-state index is 12.8. The summed E-state index contributed by atoms with van der Waals surface area (Å²) in [6, 6.07) is 7.67. The van der Waals surface area contributed by atoms with E-state index >= 15 is 0 Å². The van der Waals surface area contributed by atoms with E-state index < -0.39 is 63.8 Å². The van der Waals surface area contributed by atoms with Gasteiger partial charge in [0.05, 0.1) is 6.61 Å². The fourth-order valence-electron chi connectivity index (χ4n) is 3.38. The van der Waals surface area contributed by atoms with Crippen molar-refractivity contribution in [3.05, 3.63) is 63.6 Å². The Morgan fingerprint density at radius 2 is 1.78 bits per heavy atom. The number of hydrogen-bond donors (Lipinski definition) is 6. The minimum Gasteiger partial charge on any atom is -0.389 e. The molecule has 0 spiro atoms. The summed E-state index contributed by atoms with van der Waals surface area (Å²) in [5.41, 5.74) is 5.58. The molecule has 0 saturated carbocycles. The summed E-state index contributed by atoms with van der Waals surface area (Å²) in [6.07, 6.45) is -4.87. The number of benzene rings is 1. The molecule has 18 heteroatoms. The summed E-state index contributed by atoms with van der Waals surface area (Å²) >= 11 is 0.